The fourth-order valence-corrected chi connectivity index (χ4v) is 12.7. The van der Waals surface area contributed by atoms with Crippen LogP contribution in [0.25, 0.3) is 0 Å². The van der Waals surface area contributed by atoms with E-state index < -0.39 is 34.5 Å². The molecule has 1 heterocycles. The van der Waals surface area contributed by atoms with Gasteiger partial charge >= 0.3 is 0 Å². The zero-order chi connectivity index (χ0) is 30.7. The second kappa shape index (κ2) is 11.9. The number of rotatable bonds is 9. The van der Waals surface area contributed by atoms with E-state index in [0.29, 0.717) is 41.9 Å². The van der Waals surface area contributed by atoms with E-state index in [0.717, 1.165) is 62.1 Å². The Morgan fingerprint density at radius 1 is 0.952 bits per heavy atom. The van der Waals surface area contributed by atoms with Crippen molar-refractivity contribution in [2.45, 2.75) is 129 Å². The maximum absolute atomic E-state index is 13.5. The molecule has 2 N–H and O–H groups in total. The van der Waals surface area contributed by atoms with Gasteiger partial charge in [-0.2, -0.15) is 0 Å². The van der Waals surface area contributed by atoms with Crippen LogP contribution in [0.2, 0.25) is 0 Å². The molecule has 1 aliphatic heterocycles. The molecule has 11 atom stereocenters. The number of carbonyl (C=O) groups is 1. The lowest BCUT2D eigenvalue weighted by Crippen LogP contribution is -2.62. The van der Waals surface area contributed by atoms with E-state index in [4.69, 9.17) is 0 Å². The van der Waals surface area contributed by atoms with Crippen LogP contribution in [0.1, 0.15) is 111 Å². The summed E-state index contributed by atoms with van der Waals surface area (Å²) in [7, 11) is -3.85. The molecule has 0 unspecified atom stereocenters. The maximum Gasteiger partial charge on any atom is 0.250 e. The summed E-state index contributed by atoms with van der Waals surface area (Å²) in [4.78, 5) is 12.6. The van der Waals surface area contributed by atoms with Crippen LogP contribution in [-0.2, 0) is 14.8 Å². The lowest BCUT2D eigenvalue weighted by molar-refractivity contribution is -0.203. The standard InChI is InChI=1S/C33H55F2NO5S/c1-5-24-28-19-22(37)11-13-32(28,4)27-12-14-31(3)25(9-10-26(31)29(27)30(24)39)21(2)7-6-8-23(38)20-42(40,41)36-17-15-33(34,35)16-18-36/h21-22,24-30,37,39H,5-20H2,1-4H3/t21-,22-,24-,25-,26+,27+,28+,29+,30-,31-,32-/m1/s1. The van der Waals surface area contributed by atoms with Crippen molar-refractivity contribution in [2.24, 2.45) is 52.3 Å². The van der Waals surface area contributed by atoms with Crippen LogP contribution in [0.5, 0.6) is 0 Å². The molecular weight excluding hydrogens is 560 g/mol. The van der Waals surface area contributed by atoms with Gasteiger partial charge in [-0.05, 0) is 104 Å². The first-order valence-electron chi connectivity index (χ1n) is 16.9. The third kappa shape index (κ3) is 5.87. The van der Waals surface area contributed by atoms with Crippen molar-refractivity contribution < 1.29 is 32.2 Å². The highest BCUT2D eigenvalue weighted by atomic mass is 32.2. The number of hydrogen-bond acceptors (Lipinski definition) is 5. The van der Waals surface area contributed by atoms with Gasteiger partial charge in [0, 0.05) is 32.4 Å². The molecule has 0 spiro atoms. The molecule has 0 aromatic heterocycles. The molecule has 0 amide bonds. The number of halogens is 2. The minimum absolute atomic E-state index is 0.154. The number of ketones is 1. The Bertz CT molecular complexity index is 1090. The molecule has 9 heteroatoms. The van der Waals surface area contributed by atoms with Gasteiger partial charge in [-0.1, -0.05) is 40.5 Å². The Morgan fingerprint density at radius 2 is 1.60 bits per heavy atom. The number of fused-ring (bicyclic) bond motifs is 5. The highest BCUT2D eigenvalue weighted by Crippen LogP contribution is 2.69. The van der Waals surface area contributed by atoms with Crippen LogP contribution in [0.4, 0.5) is 8.78 Å². The summed E-state index contributed by atoms with van der Waals surface area (Å²) < 4.78 is 53.3. The molecule has 0 bridgehead atoms. The van der Waals surface area contributed by atoms with Crippen molar-refractivity contribution in [3.8, 4) is 0 Å². The number of nitrogens with zero attached hydrogens (tertiary/aromatic N) is 1. The van der Waals surface area contributed by atoms with Crippen LogP contribution in [0, 0.1) is 52.3 Å². The van der Waals surface area contributed by atoms with E-state index in [2.05, 4.69) is 27.7 Å². The number of piperidine rings is 1. The minimum atomic E-state index is -3.85. The maximum atomic E-state index is 13.5. The first-order valence-corrected chi connectivity index (χ1v) is 18.5. The largest absolute Gasteiger partial charge is 0.393 e. The molecule has 5 aliphatic rings. The van der Waals surface area contributed by atoms with Gasteiger partial charge in [-0.3, -0.25) is 4.79 Å². The molecule has 42 heavy (non-hydrogen) atoms. The first kappa shape index (κ1) is 32.7. The summed E-state index contributed by atoms with van der Waals surface area (Å²) in [6.07, 6.45) is 8.45. The van der Waals surface area contributed by atoms with E-state index in [9.17, 15) is 32.2 Å². The summed E-state index contributed by atoms with van der Waals surface area (Å²) >= 11 is 0. The molecule has 0 radical (unpaired) electrons. The van der Waals surface area contributed by atoms with Gasteiger partial charge in [0.25, 0.3) is 5.92 Å². The normalized spacial score (nSPS) is 44.6. The number of carbonyl (C=O) groups excluding carboxylic acids is 1. The topological polar surface area (TPSA) is 94.9 Å². The van der Waals surface area contributed by atoms with E-state index >= 15 is 0 Å². The van der Waals surface area contributed by atoms with Gasteiger partial charge in [-0.25, -0.2) is 21.5 Å². The lowest BCUT2D eigenvalue weighted by atomic mass is 9.41. The zero-order valence-corrected chi connectivity index (χ0v) is 27.1. The van der Waals surface area contributed by atoms with Gasteiger partial charge in [-0.15, -0.1) is 0 Å². The van der Waals surface area contributed by atoms with Gasteiger partial charge in [0.1, 0.15) is 11.5 Å². The summed E-state index contributed by atoms with van der Waals surface area (Å²) in [6, 6.07) is 0. The van der Waals surface area contributed by atoms with E-state index in [1.807, 2.05) is 0 Å². The third-order valence-electron chi connectivity index (χ3n) is 13.5. The number of aliphatic hydroxyl groups excluding tert-OH is 2. The van der Waals surface area contributed by atoms with Crippen molar-refractivity contribution in [3.05, 3.63) is 0 Å². The average Bonchev–Trinajstić information content (AvgIpc) is 3.26. The SMILES string of the molecule is CC[C@H]1[C@@H](O)[C@@H]2[C@H](CC[C@]3(C)[C@@H]([C@H](C)CCCC(=O)CS(=O)(=O)N4CCC(F)(F)CC4)CC[C@@H]23)[C@@]2(C)CC[C@@H](O)C[C@@H]12. The molecule has 1 saturated heterocycles. The van der Waals surface area contributed by atoms with Crippen LogP contribution in [0.15, 0.2) is 0 Å². The first-order chi connectivity index (χ1) is 19.6. The van der Waals surface area contributed by atoms with Gasteiger partial charge in [0.2, 0.25) is 10.0 Å². The van der Waals surface area contributed by atoms with Crippen molar-refractivity contribution >= 4 is 15.8 Å². The van der Waals surface area contributed by atoms with E-state index in [1.165, 1.54) is 0 Å². The molecule has 4 saturated carbocycles. The molecule has 5 fully saturated rings. The van der Waals surface area contributed by atoms with E-state index in [1.54, 1.807) is 0 Å². The van der Waals surface area contributed by atoms with Gasteiger partial charge < -0.3 is 10.2 Å². The highest BCUT2D eigenvalue weighted by molar-refractivity contribution is 7.89. The fraction of sp³-hybridized carbons (Fsp3) is 0.970. The summed E-state index contributed by atoms with van der Waals surface area (Å²) in [5.74, 6) is -0.888. The lowest BCUT2D eigenvalue weighted by Gasteiger charge is -2.64. The van der Waals surface area contributed by atoms with Crippen molar-refractivity contribution in [2.75, 3.05) is 18.8 Å². The molecule has 0 aromatic rings. The number of alkyl halides is 2. The van der Waals surface area contributed by atoms with Gasteiger partial charge in [0.05, 0.1) is 12.2 Å². The molecule has 6 nitrogen and oxygen atoms in total. The molecule has 4 aliphatic carbocycles. The van der Waals surface area contributed by atoms with Crippen LogP contribution in [0.3, 0.4) is 0 Å². The smallest absolute Gasteiger partial charge is 0.250 e. The summed E-state index contributed by atoms with van der Waals surface area (Å²) in [5, 5.41) is 22.4. The number of Topliss-reactive ketones (excluding diaryl/α,β-unsaturated/α-hetero) is 1. The number of sulfonamides is 1. The Kier molecular flexibility index (Phi) is 9.31. The molecule has 0 aromatic carbocycles. The summed E-state index contributed by atoms with van der Waals surface area (Å²) in [5.41, 5.74) is 0.339. The second-order valence-electron chi connectivity index (χ2n) is 15.5. The summed E-state index contributed by atoms with van der Waals surface area (Å²) in [6.45, 7) is 8.96. The predicted molar refractivity (Wildman–Crippen MR) is 159 cm³/mol. The fourth-order valence-electron chi connectivity index (χ4n) is 11.2. The zero-order valence-electron chi connectivity index (χ0n) is 26.2. The number of hydrogen-bond donors (Lipinski definition) is 2. The highest BCUT2D eigenvalue weighted by Gasteiger charge is 2.64. The van der Waals surface area contributed by atoms with Crippen molar-refractivity contribution in [1.82, 2.24) is 4.31 Å². The van der Waals surface area contributed by atoms with Crippen LogP contribution < -0.4 is 0 Å². The monoisotopic (exact) mass is 615 g/mol. The van der Waals surface area contributed by atoms with Gasteiger partial charge in [0.15, 0.2) is 0 Å². The Hall–Kier alpha value is -0.640. The molecule has 242 valence electrons. The Balaban J connectivity index is 1.18. The minimum Gasteiger partial charge on any atom is -0.393 e. The average molecular weight is 616 g/mol. The Morgan fingerprint density at radius 3 is 2.26 bits per heavy atom. The van der Waals surface area contributed by atoms with Crippen molar-refractivity contribution in [1.29, 1.82) is 0 Å². The van der Waals surface area contributed by atoms with E-state index in [-0.39, 0.29) is 54.2 Å². The Labute approximate surface area is 252 Å². The predicted octanol–water partition coefficient (Wildman–Crippen LogP) is 6.05. The van der Waals surface area contributed by atoms with Crippen LogP contribution >= 0.6 is 0 Å². The number of aliphatic hydroxyl groups is 2. The third-order valence-corrected chi connectivity index (χ3v) is 15.3. The quantitative estimate of drug-likeness (QED) is 0.329. The second-order valence-corrected chi connectivity index (χ2v) is 17.5. The van der Waals surface area contributed by atoms with Crippen molar-refractivity contribution in [3.63, 3.8) is 0 Å². The van der Waals surface area contributed by atoms with Crippen LogP contribution in [-0.4, -0.2) is 65.7 Å². The molecular formula is C33H55F2NO5S. The molecule has 5 rings (SSSR count).